The molecular weight excluding hydrogens is 284 g/mol. The van der Waals surface area contributed by atoms with Crippen LogP contribution in [0.5, 0.6) is 0 Å². The van der Waals surface area contributed by atoms with Gasteiger partial charge in [0.25, 0.3) is 17.7 Å². The molecule has 0 saturated carbocycles. The minimum absolute atomic E-state index is 0.211. The minimum Gasteiger partial charge on any atom is -0.305 e. The first-order chi connectivity index (χ1) is 10.5. The third-order valence-electron chi connectivity index (χ3n) is 3.46. The second-order valence-corrected chi connectivity index (χ2v) is 5.36. The minimum atomic E-state index is -0.489. The van der Waals surface area contributed by atoms with Gasteiger partial charge in [0.15, 0.2) is 5.82 Å². The van der Waals surface area contributed by atoms with E-state index in [2.05, 4.69) is 20.8 Å². The fourth-order valence-electron chi connectivity index (χ4n) is 2.19. The van der Waals surface area contributed by atoms with Crippen molar-refractivity contribution >= 4 is 23.5 Å². The lowest BCUT2D eigenvalue weighted by molar-refractivity contribution is 0.0879. The Kier molecular flexibility index (Phi) is 3.25. The second kappa shape index (κ2) is 5.10. The van der Waals surface area contributed by atoms with Gasteiger partial charge in [0.05, 0.1) is 11.1 Å². The van der Waals surface area contributed by atoms with Crippen molar-refractivity contribution in [2.75, 3.05) is 5.32 Å². The molecule has 0 aliphatic carbocycles. The summed E-state index contributed by atoms with van der Waals surface area (Å²) in [5, 5.41) is 11.7. The maximum atomic E-state index is 12.2. The van der Waals surface area contributed by atoms with Crippen LogP contribution in [0.4, 0.5) is 5.82 Å². The molecule has 0 spiro atoms. The number of amides is 3. The number of carbonyl (C=O) groups is 3. The van der Waals surface area contributed by atoms with Crippen LogP contribution in [0, 0.1) is 0 Å². The van der Waals surface area contributed by atoms with Crippen LogP contribution in [0.1, 0.15) is 56.5 Å². The Hall–Kier alpha value is -2.96. The Morgan fingerprint density at radius 2 is 1.86 bits per heavy atom. The summed E-state index contributed by atoms with van der Waals surface area (Å²) in [7, 11) is 0. The van der Waals surface area contributed by atoms with E-state index in [0.717, 1.165) is 5.69 Å². The summed E-state index contributed by atoms with van der Waals surface area (Å²) in [6.07, 6.45) is 0. The van der Waals surface area contributed by atoms with Crippen LogP contribution in [0.15, 0.2) is 24.3 Å². The number of anilines is 1. The molecule has 7 heteroatoms. The van der Waals surface area contributed by atoms with E-state index >= 15 is 0 Å². The van der Waals surface area contributed by atoms with Crippen molar-refractivity contribution in [2.45, 2.75) is 19.8 Å². The van der Waals surface area contributed by atoms with Gasteiger partial charge in [0, 0.05) is 17.3 Å². The summed E-state index contributed by atoms with van der Waals surface area (Å²) in [5.41, 5.74) is 1.69. The Morgan fingerprint density at radius 3 is 2.55 bits per heavy atom. The van der Waals surface area contributed by atoms with Crippen LogP contribution >= 0.6 is 0 Å². The molecule has 0 atom stereocenters. The van der Waals surface area contributed by atoms with Gasteiger partial charge in [0.1, 0.15) is 0 Å². The average Bonchev–Trinajstić information content (AvgIpc) is 3.05. The molecule has 1 aliphatic heterocycles. The zero-order valence-electron chi connectivity index (χ0n) is 12.1. The average molecular weight is 298 g/mol. The Balaban J connectivity index is 1.82. The Labute approximate surface area is 126 Å². The highest BCUT2D eigenvalue weighted by molar-refractivity contribution is 6.22. The Bertz CT molecular complexity index is 792. The monoisotopic (exact) mass is 298 g/mol. The first kappa shape index (κ1) is 14.0. The van der Waals surface area contributed by atoms with E-state index in [1.54, 1.807) is 6.07 Å². The van der Waals surface area contributed by atoms with Gasteiger partial charge in [-0.25, -0.2) is 0 Å². The van der Waals surface area contributed by atoms with Crippen LogP contribution in [0.2, 0.25) is 0 Å². The predicted molar refractivity (Wildman–Crippen MR) is 78.9 cm³/mol. The first-order valence-electron chi connectivity index (χ1n) is 6.82. The molecule has 2 heterocycles. The smallest absolute Gasteiger partial charge is 0.258 e. The van der Waals surface area contributed by atoms with Gasteiger partial charge in [-0.1, -0.05) is 13.8 Å². The molecular formula is C15H14N4O3. The van der Waals surface area contributed by atoms with Crippen LogP contribution < -0.4 is 10.6 Å². The third kappa shape index (κ3) is 2.37. The van der Waals surface area contributed by atoms with E-state index in [1.807, 2.05) is 13.8 Å². The lowest BCUT2D eigenvalue weighted by atomic mass is 10.1. The van der Waals surface area contributed by atoms with E-state index in [-0.39, 0.29) is 22.6 Å². The maximum absolute atomic E-state index is 12.2. The number of carbonyl (C=O) groups excluding carboxylic acids is 3. The van der Waals surface area contributed by atoms with Gasteiger partial charge in [-0.2, -0.15) is 5.10 Å². The van der Waals surface area contributed by atoms with E-state index in [0.29, 0.717) is 5.82 Å². The molecule has 112 valence electrons. The van der Waals surface area contributed by atoms with Crippen LogP contribution in [-0.2, 0) is 0 Å². The summed E-state index contributed by atoms with van der Waals surface area (Å²) in [4.78, 5) is 35.3. The van der Waals surface area contributed by atoms with E-state index in [1.165, 1.54) is 18.2 Å². The zero-order chi connectivity index (χ0) is 15.9. The summed E-state index contributed by atoms with van der Waals surface area (Å²) in [5.74, 6) is -0.642. The SMILES string of the molecule is CC(C)c1cc(NC(=O)c2ccc3c(c2)C(=O)NC3=O)n[nH]1. The highest BCUT2D eigenvalue weighted by Crippen LogP contribution is 2.19. The highest BCUT2D eigenvalue weighted by Gasteiger charge is 2.27. The summed E-state index contributed by atoms with van der Waals surface area (Å²) < 4.78 is 0. The molecule has 3 rings (SSSR count). The van der Waals surface area contributed by atoms with Crippen molar-refractivity contribution < 1.29 is 14.4 Å². The van der Waals surface area contributed by atoms with Crippen molar-refractivity contribution in [3.05, 3.63) is 46.6 Å². The molecule has 0 radical (unpaired) electrons. The van der Waals surface area contributed by atoms with Crippen LogP contribution in [-0.4, -0.2) is 27.9 Å². The van der Waals surface area contributed by atoms with Crippen LogP contribution in [0.25, 0.3) is 0 Å². The number of hydrogen-bond acceptors (Lipinski definition) is 4. The number of imide groups is 1. The fraction of sp³-hybridized carbons (Fsp3) is 0.200. The molecule has 0 fully saturated rings. The van der Waals surface area contributed by atoms with Gasteiger partial charge in [-0.05, 0) is 24.1 Å². The van der Waals surface area contributed by atoms with Crippen LogP contribution in [0.3, 0.4) is 0 Å². The number of benzene rings is 1. The number of rotatable bonds is 3. The summed E-state index contributed by atoms with van der Waals surface area (Å²) >= 11 is 0. The third-order valence-corrected chi connectivity index (χ3v) is 3.46. The molecule has 2 aromatic rings. The summed E-state index contributed by atoms with van der Waals surface area (Å²) in [6.45, 7) is 4.02. The molecule has 0 bridgehead atoms. The molecule has 3 amide bonds. The topological polar surface area (TPSA) is 104 Å². The van der Waals surface area contributed by atoms with Gasteiger partial charge in [0.2, 0.25) is 0 Å². The largest absolute Gasteiger partial charge is 0.305 e. The molecule has 0 saturated heterocycles. The van der Waals surface area contributed by atoms with Crippen molar-refractivity contribution in [1.82, 2.24) is 15.5 Å². The highest BCUT2D eigenvalue weighted by atomic mass is 16.2. The Morgan fingerprint density at radius 1 is 1.14 bits per heavy atom. The quantitative estimate of drug-likeness (QED) is 0.750. The molecule has 1 aromatic carbocycles. The number of H-pyrrole nitrogens is 1. The predicted octanol–water partition coefficient (Wildman–Crippen LogP) is 1.67. The zero-order valence-corrected chi connectivity index (χ0v) is 12.1. The maximum Gasteiger partial charge on any atom is 0.258 e. The number of fused-ring (bicyclic) bond motifs is 1. The van der Waals surface area contributed by atoms with Crippen molar-refractivity contribution in [3.63, 3.8) is 0 Å². The first-order valence-corrected chi connectivity index (χ1v) is 6.82. The molecule has 7 nitrogen and oxygen atoms in total. The van der Waals surface area contributed by atoms with E-state index < -0.39 is 17.7 Å². The van der Waals surface area contributed by atoms with Gasteiger partial charge in [-0.15, -0.1) is 0 Å². The molecule has 1 aromatic heterocycles. The lowest BCUT2D eigenvalue weighted by Crippen LogP contribution is -2.19. The van der Waals surface area contributed by atoms with Crippen molar-refractivity contribution in [3.8, 4) is 0 Å². The number of aromatic nitrogens is 2. The number of nitrogens with zero attached hydrogens (tertiary/aromatic N) is 1. The number of hydrogen-bond donors (Lipinski definition) is 3. The van der Waals surface area contributed by atoms with Crippen molar-refractivity contribution in [1.29, 1.82) is 0 Å². The second-order valence-electron chi connectivity index (χ2n) is 5.36. The lowest BCUT2D eigenvalue weighted by Gasteiger charge is -2.03. The molecule has 3 N–H and O–H groups in total. The van der Waals surface area contributed by atoms with Crippen molar-refractivity contribution in [2.24, 2.45) is 0 Å². The number of nitrogens with one attached hydrogen (secondary N) is 3. The molecule has 22 heavy (non-hydrogen) atoms. The van der Waals surface area contributed by atoms with E-state index in [4.69, 9.17) is 0 Å². The fourth-order valence-corrected chi connectivity index (χ4v) is 2.19. The molecule has 0 unspecified atom stereocenters. The van der Waals surface area contributed by atoms with Gasteiger partial charge in [-0.3, -0.25) is 24.8 Å². The normalized spacial score (nSPS) is 13.2. The standard InChI is InChI=1S/C15H14N4O3/c1-7(2)11-6-12(19-18-11)16-13(20)8-3-4-9-10(5-8)15(22)17-14(9)21/h3-7H,1-2H3,(H,17,21,22)(H2,16,18,19,20). The summed E-state index contributed by atoms with van der Waals surface area (Å²) in [6, 6.07) is 6.13. The van der Waals surface area contributed by atoms with Gasteiger partial charge >= 0.3 is 0 Å². The van der Waals surface area contributed by atoms with Gasteiger partial charge < -0.3 is 5.32 Å². The molecule has 1 aliphatic rings. The number of aromatic amines is 1. The van der Waals surface area contributed by atoms with E-state index in [9.17, 15) is 14.4 Å².